The highest BCUT2D eigenvalue weighted by molar-refractivity contribution is 8.15. The maximum atomic E-state index is 12.0. The van der Waals surface area contributed by atoms with E-state index in [-0.39, 0.29) is 6.61 Å². The number of carbonyl (C=O) groups excluding carboxylic acids is 4. The number of carbonyl (C=O) groups is 4. The Morgan fingerprint density at radius 2 is 1.52 bits per heavy atom. The number of thioether (sulfide) groups is 1. The first kappa shape index (κ1) is 24.5. The van der Waals surface area contributed by atoms with Crippen molar-refractivity contribution in [1.29, 1.82) is 0 Å². The first-order valence-electron chi connectivity index (χ1n) is 9.94. The van der Waals surface area contributed by atoms with Crippen molar-refractivity contribution < 1.29 is 47.7 Å². The smallest absolute Gasteiger partial charge is 0.332 e. The van der Waals surface area contributed by atoms with Crippen LogP contribution in [0.3, 0.4) is 0 Å². The molecule has 1 aromatic carbocycles. The lowest BCUT2D eigenvalue weighted by Crippen LogP contribution is -2.67. The molecule has 0 unspecified atom stereocenters. The lowest BCUT2D eigenvalue weighted by Gasteiger charge is -2.47. The Morgan fingerprint density at radius 3 is 2.09 bits per heavy atom. The Kier molecular flexibility index (Phi) is 7.59. The summed E-state index contributed by atoms with van der Waals surface area (Å²) in [7, 11) is 0. The minimum atomic E-state index is -1.81. The number of hydrogen-bond donors (Lipinski definition) is 0. The Bertz CT molecular complexity index is 952. The van der Waals surface area contributed by atoms with Crippen molar-refractivity contribution in [2.75, 3.05) is 6.61 Å². The lowest BCUT2D eigenvalue weighted by atomic mass is 9.98. The van der Waals surface area contributed by atoms with Gasteiger partial charge in [0.15, 0.2) is 12.2 Å². The van der Waals surface area contributed by atoms with Gasteiger partial charge in [0.2, 0.25) is 6.10 Å². The Hall–Kier alpha value is -3.12. The topological polar surface area (TPSA) is 136 Å². The van der Waals surface area contributed by atoms with Gasteiger partial charge in [-0.05, 0) is 11.8 Å². The molecule has 3 rings (SSSR count). The third kappa shape index (κ3) is 5.82. The van der Waals surface area contributed by atoms with Gasteiger partial charge >= 0.3 is 29.0 Å². The van der Waals surface area contributed by atoms with Crippen LogP contribution in [0.2, 0.25) is 0 Å². The number of hydrogen-bond acceptors (Lipinski definition) is 12. The molecule has 1 saturated heterocycles. The molecule has 0 saturated carbocycles. The number of esters is 4. The fraction of sp³-hybridized carbons (Fsp3) is 0.476. The SMILES string of the molecule is CC(=O)OC[C@H]1O[C@]2(ON=C(c3ccccc3)S2)[C@H](OC(C)=O)[C@@H](OC(C)=O)[C@@H]1OC(C)=O. The molecule has 2 aliphatic heterocycles. The molecular formula is C21H23NO10S. The van der Waals surface area contributed by atoms with Crippen molar-refractivity contribution in [2.45, 2.75) is 57.2 Å². The van der Waals surface area contributed by atoms with Gasteiger partial charge in [0.1, 0.15) is 17.8 Å². The summed E-state index contributed by atoms with van der Waals surface area (Å²) in [6, 6.07) is 9.01. The van der Waals surface area contributed by atoms with E-state index in [1.54, 1.807) is 24.3 Å². The largest absolute Gasteiger partial charge is 0.463 e. The minimum Gasteiger partial charge on any atom is -0.463 e. The number of benzene rings is 1. The second-order valence-corrected chi connectivity index (χ2v) is 8.36. The number of ether oxygens (including phenoxy) is 5. The van der Waals surface area contributed by atoms with Gasteiger partial charge in [0.25, 0.3) is 0 Å². The average Bonchev–Trinajstić information content (AvgIpc) is 3.16. The van der Waals surface area contributed by atoms with Crippen LogP contribution in [0.1, 0.15) is 33.3 Å². The average molecular weight is 481 g/mol. The highest BCUT2D eigenvalue weighted by atomic mass is 32.2. The van der Waals surface area contributed by atoms with Gasteiger partial charge in [0.05, 0.1) is 0 Å². The van der Waals surface area contributed by atoms with Crippen LogP contribution in [0.4, 0.5) is 0 Å². The minimum absolute atomic E-state index is 0.357. The molecule has 1 fully saturated rings. The van der Waals surface area contributed by atoms with Crippen molar-refractivity contribution in [3.63, 3.8) is 0 Å². The molecule has 178 valence electrons. The van der Waals surface area contributed by atoms with E-state index in [0.29, 0.717) is 10.6 Å². The first-order valence-corrected chi connectivity index (χ1v) is 10.8. The van der Waals surface area contributed by atoms with Crippen LogP contribution in [0.15, 0.2) is 35.5 Å². The van der Waals surface area contributed by atoms with Gasteiger partial charge in [-0.15, -0.1) is 0 Å². The van der Waals surface area contributed by atoms with Crippen LogP contribution in [-0.2, 0) is 47.7 Å². The van der Waals surface area contributed by atoms with E-state index >= 15 is 0 Å². The van der Waals surface area contributed by atoms with Gasteiger partial charge in [0, 0.05) is 33.3 Å². The lowest BCUT2D eigenvalue weighted by molar-refractivity contribution is -0.323. The molecule has 0 bridgehead atoms. The van der Waals surface area contributed by atoms with Gasteiger partial charge < -0.3 is 28.5 Å². The maximum absolute atomic E-state index is 12.0. The summed E-state index contributed by atoms with van der Waals surface area (Å²) in [5, 5.41) is 2.68. The van der Waals surface area contributed by atoms with Crippen molar-refractivity contribution in [2.24, 2.45) is 5.16 Å². The molecule has 5 atom stereocenters. The van der Waals surface area contributed by atoms with E-state index < -0.39 is 53.4 Å². The summed E-state index contributed by atoms with van der Waals surface area (Å²) in [4.78, 5) is 52.8. The van der Waals surface area contributed by atoms with Crippen LogP contribution in [0.25, 0.3) is 0 Å². The zero-order valence-electron chi connectivity index (χ0n) is 18.3. The van der Waals surface area contributed by atoms with Gasteiger partial charge in [-0.25, -0.2) is 0 Å². The summed E-state index contributed by atoms with van der Waals surface area (Å²) in [6.07, 6.45) is -5.13. The van der Waals surface area contributed by atoms with Crippen molar-refractivity contribution in [3.05, 3.63) is 35.9 Å². The van der Waals surface area contributed by atoms with Crippen molar-refractivity contribution in [1.82, 2.24) is 0 Å². The monoisotopic (exact) mass is 481 g/mol. The molecule has 0 N–H and O–H groups in total. The van der Waals surface area contributed by atoms with Crippen molar-refractivity contribution in [3.8, 4) is 0 Å². The zero-order chi connectivity index (χ0) is 24.2. The molecule has 0 amide bonds. The van der Waals surface area contributed by atoms with Crippen LogP contribution in [0, 0.1) is 0 Å². The zero-order valence-corrected chi connectivity index (χ0v) is 19.2. The summed E-state index contributed by atoms with van der Waals surface area (Å²) in [5.41, 5.74) is 0.701. The predicted octanol–water partition coefficient (Wildman–Crippen LogP) is 1.52. The van der Waals surface area contributed by atoms with E-state index in [0.717, 1.165) is 32.5 Å². The standard InChI is InChI=1S/C21H23NO10S/c1-11(23)27-10-16-17(28-12(2)24)18(29-13(3)25)19(30-14(4)26)21(31-16)32-22-20(33-21)15-8-6-5-7-9-15/h5-9,16-19H,10H2,1-4H3/t16-,17-,18+,19-,21+/m1/s1. The highest BCUT2D eigenvalue weighted by Crippen LogP contribution is 2.48. The van der Waals surface area contributed by atoms with E-state index in [2.05, 4.69) is 5.16 Å². The quantitative estimate of drug-likeness (QED) is 0.432. The second-order valence-electron chi connectivity index (χ2n) is 7.20. The molecule has 1 aromatic rings. The van der Waals surface area contributed by atoms with E-state index in [1.807, 2.05) is 6.07 Å². The highest BCUT2D eigenvalue weighted by Gasteiger charge is 2.65. The molecule has 2 heterocycles. The fourth-order valence-corrected chi connectivity index (χ4v) is 4.50. The second kappa shape index (κ2) is 10.2. The molecule has 0 aromatic heterocycles. The molecule has 33 heavy (non-hydrogen) atoms. The molecular weight excluding hydrogens is 458 g/mol. The van der Waals surface area contributed by atoms with Gasteiger partial charge in [-0.1, -0.05) is 35.5 Å². The maximum Gasteiger partial charge on any atom is 0.332 e. The molecule has 11 nitrogen and oxygen atoms in total. The van der Waals surface area contributed by atoms with Crippen LogP contribution < -0.4 is 0 Å². The number of nitrogens with zero attached hydrogens (tertiary/aromatic N) is 1. The Morgan fingerprint density at radius 1 is 0.909 bits per heavy atom. The number of rotatable bonds is 6. The molecule has 2 aliphatic rings. The predicted molar refractivity (Wildman–Crippen MR) is 113 cm³/mol. The van der Waals surface area contributed by atoms with Crippen LogP contribution in [-0.4, -0.2) is 65.1 Å². The third-order valence-corrected chi connectivity index (χ3v) is 5.71. The van der Waals surface area contributed by atoms with Gasteiger partial charge in [-0.2, -0.15) is 0 Å². The number of oxime groups is 1. The molecule has 0 aliphatic carbocycles. The van der Waals surface area contributed by atoms with E-state index in [4.69, 9.17) is 28.5 Å². The summed E-state index contributed by atoms with van der Waals surface area (Å²) >= 11 is 0.983. The van der Waals surface area contributed by atoms with Gasteiger partial charge in [-0.3, -0.25) is 19.2 Å². The first-order chi connectivity index (χ1) is 15.6. The third-order valence-electron chi connectivity index (χ3n) is 4.52. The molecule has 1 spiro atoms. The van der Waals surface area contributed by atoms with E-state index in [9.17, 15) is 19.2 Å². The molecule has 0 radical (unpaired) electrons. The summed E-state index contributed by atoms with van der Waals surface area (Å²) in [5.74, 6) is -2.78. The van der Waals surface area contributed by atoms with Crippen molar-refractivity contribution >= 4 is 40.7 Å². The van der Waals surface area contributed by atoms with E-state index in [1.165, 1.54) is 6.92 Å². The Balaban J connectivity index is 2.02. The normalized spacial score (nSPS) is 28.3. The molecule has 12 heteroatoms. The summed E-state index contributed by atoms with van der Waals surface area (Å²) < 4.78 is 27.4. The van der Waals surface area contributed by atoms with Crippen LogP contribution >= 0.6 is 11.8 Å². The Labute approximate surface area is 193 Å². The van der Waals surface area contributed by atoms with Crippen LogP contribution in [0.5, 0.6) is 0 Å². The fourth-order valence-electron chi connectivity index (χ4n) is 3.36. The summed E-state index contributed by atoms with van der Waals surface area (Å²) in [6.45, 7) is 4.29.